The molecule has 0 aromatic carbocycles. The number of nitrogens with one attached hydrogen (secondary N) is 1. The van der Waals surface area contributed by atoms with Crippen LogP contribution in [0.4, 0.5) is 5.95 Å². The number of allylic oxidation sites excluding steroid dienone is 3. The van der Waals surface area contributed by atoms with E-state index in [1.54, 1.807) is 16.5 Å². The molecular weight excluding hydrogens is 472 g/mol. The summed E-state index contributed by atoms with van der Waals surface area (Å²) in [6.07, 6.45) is 11.3. The lowest BCUT2D eigenvalue weighted by atomic mass is 9.87. The second-order valence-corrected chi connectivity index (χ2v) is 9.83. The summed E-state index contributed by atoms with van der Waals surface area (Å²) in [5, 5.41) is 7.89. The molecule has 1 aliphatic heterocycles. The number of hydrogen-bond donors (Lipinski definition) is 1. The van der Waals surface area contributed by atoms with E-state index in [0.29, 0.717) is 50.9 Å². The van der Waals surface area contributed by atoms with Gasteiger partial charge in [0.25, 0.3) is 0 Å². The maximum Gasteiger partial charge on any atom is 0.321 e. The third-order valence-corrected chi connectivity index (χ3v) is 6.82. The molecule has 0 radical (unpaired) electrons. The van der Waals surface area contributed by atoms with Gasteiger partial charge < -0.3 is 19.7 Å². The Morgan fingerprint density at radius 3 is 2.89 bits per heavy atom. The van der Waals surface area contributed by atoms with Crippen molar-refractivity contribution in [3.05, 3.63) is 48.2 Å². The van der Waals surface area contributed by atoms with E-state index in [-0.39, 0.29) is 35.5 Å². The van der Waals surface area contributed by atoms with E-state index in [1.165, 1.54) is 11.6 Å². The van der Waals surface area contributed by atoms with E-state index < -0.39 is 0 Å². The molecule has 1 saturated heterocycles. The lowest BCUT2D eigenvalue weighted by Crippen LogP contribution is -2.28. The van der Waals surface area contributed by atoms with E-state index in [1.807, 2.05) is 12.3 Å². The van der Waals surface area contributed by atoms with Crippen LogP contribution in [0.2, 0.25) is 0 Å². The average Bonchev–Trinajstić information content (AvgIpc) is 3.55. The highest BCUT2D eigenvalue weighted by molar-refractivity contribution is 5.89. The Labute approximate surface area is 217 Å². The highest BCUT2D eigenvalue weighted by atomic mass is 16.5. The number of nitrogens with zero attached hydrogens (tertiary/aromatic N) is 5. The van der Waals surface area contributed by atoms with Crippen LogP contribution in [0.3, 0.4) is 0 Å². The van der Waals surface area contributed by atoms with E-state index >= 15 is 0 Å². The normalized spacial score (nSPS) is 19.4. The highest BCUT2D eigenvalue weighted by Crippen LogP contribution is 2.27. The summed E-state index contributed by atoms with van der Waals surface area (Å²) in [6, 6.07) is 0.274. The Hall–Kier alpha value is -3.53. The fourth-order valence-electron chi connectivity index (χ4n) is 4.74. The standard InChI is InChI=1S/C27H36N6O4/c1-5-24(35)32-10-9-21(17-32)23(34)14-19-7-6-8-20(13-19)15-28-26-31-27(37-12-11-36-4)30-25-22(18(2)3)16-29-33(25)26/h5-8,16,18-19,21H,1,9-15,17H2,2-4H3,(H,28,30,31). The zero-order valence-corrected chi connectivity index (χ0v) is 21.9. The molecule has 10 heteroatoms. The number of amides is 1. The van der Waals surface area contributed by atoms with Crippen LogP contribution in [0.5, 0.6) is 6.01 Å². The topological polar surface area (TPSA) is 111 Å². The number of fused-ring (bicyclic) bond motifs is 1. The van der Waals surface area contributed by atoms with Crippen LogP contribution in [0.25, 0.3) is 5.65 Å². The van der Waals surface area contributed by atoms with E-state index in [0.717, 1.165) is 18.4 Å². The minimum absolute atomic E-state index is 0.0921. The summed E-state index contributed by atoms with van der Waals surface area (Å²) in [5.41, 5.74) is 2.89. The molecule has 2 aromatic heterocycles. The molecule has 37 heavy (non-hydrogen) atoms. The molecule has 198 valence electrons. The number of likely N-dealkylation sites (tertiary alicyclic amines) is 1. The molecule has 1 N–H and O–H groups in total. The number of aromatic nitrogens is 4. The summed E-state index contributed by atoms with van der Waals surface area (Å²) in [5.74, 6) is 0.952. The molecule has 2 aromatic rings. The van der Waals surface area contributed by atoms with Crippen molar-refractivity contribution in [2.75, 3.05) is 45.3 Å². The molecule has 1 aliphatic carbocycles. The molecular formula is C27H36N6O4. The molecule has 0 bridgehead atoms. The van der Waals surface area contributed by atoms with Crippen LogP contribution in [-0.4, -0.2) is 76.1 Å². The minimum Gasteiger partial charge on any atom is -0.461 e. The van der Waals surface area contributed by atoms with Gasteiger partial charge in [-0.05, 0) is 30.8 Å². The summed E-state index contributed by atoms with van der Waals surface area (Å²) in [6.45, 7) is 10.2. The Morgan fingerprint density at radius 2 is 2.14 bits per heavy atom. The fraction of sp³-hybridized carbons (Fsp3) is 0.519. The zero-order chi connectivity index (χ0) is 26.4. The maximum absolute atomic E-state index is 12.9. The second-order valence-electron chi connectivity index (χ2n) is 9.83. The zero-order valence-electron chi connectivity index (χ0n) is 21.9. The Balaban J connectivity index is 1.38. The first kappa shape index (κ1) is 26.5. The molecule has 1 fully saturated rings. The van der Waals surface area contributed by atoms with Crippen LogP contribution in [0.15, 0.2) is 42.7 Å². The lowest BCUT2D eigenvalue weighted by molar-refractivity contribution is -0.126. The van der Waals surface area contributed by atoms with E-state index in [9.17, 15) is 9.59 Å². The van der Waals surface area contributed by atoms with Gasteiger partial charge in [0.2, 0.25) is 11.9 Å². The molecule has 3 heterocycles. The van der Waals surface area contributed by atoms with Gasteiger partial charge in [-0.1, -0.05) is 44.2 Å². The number of Topliss-reactive ketones (excluding diaryl/α,β-unsaturated/α-hetero) is 1. The Kier molecular flexibility index (Phi) is 8.70. The van der Waals surface area contributed by atoms with Gasteiger partial charge in [-0.25, -0.2) is 0 Å². The van der Waals surface area contributed by atoms with Gasteiger partial charge in [0.05, 0.1) is 12.8 Å². The summed E-state index contributed by atoms with van der Waals surface area (Å²) in [4.78, 5) is 35.6. The van der Waals surface area contributed by atoms with Gasteiger partial charge >= 0.3 is 6.01 Å². The van der Waals surface area contributed by atoms with Crippen LogP contribution in [-0.2, 0) is 14.3 Å². The number of hydrogen-bond acceptors (Lipinski definition) is 8. The average molecular weight is 509 g/mol. The van der Waals surface area contributed by atoms with Gasteiger partial charge in [0.15, 0.2) is 5.65 Å². The van der Waals surface area contributed by atoms with Gasteiger partial charge in [-0.3, -0.25) is 9.59 Å². The van der Waals surface area contributed by atoms with Crippen molar-refractivity contribution in [2.24, 2.45) is 11.8 Å². The quantitative estimate of drug-likeness (QED) is 0.344. The molecule has 2 atom stereocenters. The fourth-order valence-corrected chi connectivity index (χ4v) is 4.74. The Morgan fingerprint density at radius 1 is 1.30 bits per heavy atom. The van der Waals surface area contributed by atoms with Crippen molar-refractivity contribution in [2.45, 2.75) is 39.0 Å². The first-order valence-corrected chi connectivity index (χ1v) is 12.8. The first-order valence-electron chi connectivity index (χ1n) is 12.8. The molecule has 0 spiro atoms. The first-order chi connectivity index (χ1) is 17.9. The van der Waals surface area contributed by atoms with Crippen molar-refractivity contribution in [3.8, 4) is 6.01 Å². The van der Waals surface area contributed by atoms with Crippen LogP contribution >= 0.6 is 0 Å². The smallest absolute Gasteiger partial charge is 0.321 e. The summed E-state index contributed by atoms with van der Waals surface area (Å²) >= 11 is 0. The number of anilines is 1. The SMILES string of the molecule is C=CC(=O)N1CCC(C(=O)CC2C=CC=C(CNc3nc(OCCOC)nc4c(C(C)C)cnn34)C2)C1. The van der Waals surface area contributed by atoms with E-state index in [2.05, 4.69) is 53.0 Å². The number of methoxy groups -OCH3 is 1. The van der Waals surface area contributed by atoms with Gasteiger partial charge in [0, 0.05) is 44.6 Å². The largest absolute Gasteiger partial charge is 0.461 e. The third kappa shape index (κ3) is 6.43. The van der Waals surface area contributed by atoms with Gasteiger partial charge in [-0.15, -0.1) is 0 Å². The number of ketones is 1. The predicted octanol–water partition coefficient (Wildman–Crippen LogP) is 3.18. The van der Waals surface area contributed by atoms with Crippen molar-refractivity contribution < 1.29 is 19.1 Å². The number of carbonyl (C=O) groups is 2. The van der Waals surface area contributed by atoms with Crippen molar-refractivity contribution in [3.63, 3.8) is 0 Å². The lowest BCUT2D eigenvalue weighted by Gasteiger charge is -2.20. The van der Waals surface area contributed by atoms with Crippen molar-refractivity contribution >= 4 is 23.3 Å². The Bertz CT molecular complexity index is 1200. The van der Waals surface area contributed by atoms with Crippen LogP contribution < -0.4 is 10.1 Å². The molecule has 4 rings (SSSR count). The van der Waals surface area contributed by atoms with Crippen LogP contribution in [0, 0.1) is 11.8 Å². The number of carbonyl (C=O) groups excluding carboxylic acids is 2. The molecule has 2 aliphatic rings. The van der Waals surface area contributed by atoms with Gasteiger partial charge in [0.1, 0.15) is 12.4 Å². The van der Waals surface area contributed by atoms with Gasteiger partial charge in [-0.2, -0.15) is 19.6 Å². The predicted molar refractivity (Wildman–Crippen MR) is 141 cm³/mol. The summed E-state index contributed by atoms with van der Waals surface area (Å²) in [7, 11) is 1.62. The monoisotopic (exact) mass is 508 g/mol. The molecule has 10 nitrogen and oxygen atoms in total. The van der Waals surface area contributed by atoms with Crippen LogP contribution in [0.1, 0.15) is 44.6 Å². The molecule has 1 amide bonds. The number of ether oxygens (including phenoxy) is 2. The maximum atomic E-state index is 12.9. The molecule has 0 saturated carbocycles. The summed E-state index contributed by atoms with van der Waals surface area (Å²) < 4.78 is 12.5. The number of rotatable bonds is 12. The van der Waals surface area contributed by atoms with Crippen molar-refractivity contribution in [1.82, 2.24) is 24.5 Å². The van der Waals surface area contributed by atoms with E-state index in [4.69, 9.17) is 9.47 Å². The minimum atomic E-state index is -0.104. The molecule has 2 unspecified atom stereocenters. The third-order valence-electron chi connectivity index (χ3n) is 6.82. The second kappa shape index (κ2) is 12.1. The highest BCUT2D eigenvalue weighted by Gasteiger charge is 2.31. The van der Waals surface area contributed by atoms with Crippen molar-refractivity contribution in [1.29, 1.82) is 0 Å².